The number of fused-ring (bicyclic) bond motifs is 1. The van der Waals surface area contributed by atoms with Crippen LogP contribution < -0.4 is 5.32 Å². The Balaban J connectivity index is 2.05. The van der Waals surface area contributed by atoms with Gasteiger partial charge in [-0.1, -0.05) is 31.2 Å². The van der Waals surface area contributed by atoms with E-state index in [1.54, 1.807) is 11.8 Å². The third-order valence-corrected chi connectivity index (χ3v) is 4.47. The van der Waals surface area contributed by atoms with Crippen molar-refractivity contribution in [2.45, 2.75) is 39.2 Å². The smallest absolute Gasteiger partial charge is 0.222 e. The molecule has 1 aromatic rings. The third kappa shape index (κ3) is 4.55. The number of aliphatic hydroxyl groups is 1. The first kappa shape index (κ1) is 17.5. The molecule has 0 saturated heterocycles. The van der Waals surface area contributed by atoms with Gasteiger partial charge in [0.15, 0.2) is 0 Å². The van der Waals surface area contributed by atoms with Crippen LogP contribution in [-0.2, 0) is 16.0 Å². The average Bonchev–Trinajstić information content (AvgIpc) is 2.53. The summed E-state index contributed by atoms with van der Waals surface area (Å²) in [5.74, 6) is 0.195. The summed E-state index contributed by atoms with van der Waals surface area (Å²) in [7, 11) is 0. The molecule has 23 heavy (non-hydrogen) atoms. The molecule has 0 spiro atoms. The summed E-state index contributed by atoms with van der Waals surface area (Å²) < 4.78 is 0. The molecular formula is C18H26N2O3. The van der Waals surface area contributed by atoms with Gasteiger partial charge in [-0.15, -0.1) is 0 Å². The second-order valence-electron chi connectivity index (χ2n) is 6.30. The molecule has 1 heterocycles. The van der Waals surface area contributed by atoms with Crippen LogP contribution in [0.3, 0.4) is 0 Å². The Morgan fingerprint density at radius 2 is 2.13 bits per heavy atom. The first-order valence-electron chi connectivity index (χ1n) is 8.25. The lowest BCUT2D eigenvalue weighted by Gasteiger charge is -2.36. The van der Waals surface area contributed by atoms with Gasteiger partial charge in [-0.05, 0) is 29.9 Å². The topological polar surface area (TPSA) is 69.6 Å². The van der Waals surface area contributed by atoms with Crippen LogP contribution in [0.2, 0.25) is 0 Å². The van der Waals surface area contributed by atoms with Crippen molar-refractivity contribution in [2.75, 3.05) is 19.7 Å². The molecular weight excluding hydrogens is 292 g/mol. The molecule has 2 atom stereocenters. The van der Waals surface area contributed by atoms with Crippen LogP contribution in [0, 0.1) is 5.92 Å². The number of carbonyl (C=O) groups excluding carboxylic acids is 2. The van der Waals surface area contributed by atoms with Crippen LogP contribution in [0.25, 0.3) is 0 Å². The maximum atomic E-state index is 12.3. The van der Waals surface area contributed by atoms with E-state index in [0.29, 0.717) is 19.5 Å². The number of nitrogens with one attached hydrogen (secondary N) is 1. The van der Waals surface area contributed by atoms with E-state index >= 15 is 0 Å². The molecule has 0 bridgehead atoms. The lowest BCUT2D eigenvalue weighted by molar-refractivity contribution is -0.133. The molecule has 2 N–H and O–H groups in total. The number of carbonyl (C=O) groups is 2. The lowest BCUT2D eigenvalue weighted by atomic mass is 9.90. The Kier molecular flexibility index (Phi) is 6.16. The third-order valence-electron chi connectivity index (χ3n) is 4.47. The zero-order valence-corrected chi connectivity index (χ0v) is 13.9. The highest BCUT2D eigenvalue weighted by atomic mass is 16.3. The van der Waals surface area contributed by atoms with E-state index in [1.165, 1.54) is 5.56 Å². The number of hydrogen-bond acceptors (Lipinski definition) is 3. The number of benzene rings is 1. The number of nitrogens with zero attached hydrogens (tertiary/aromatic N) is 1. The normalized spacial score (nSPS) is 18.2. The van der Waals surface area contributed by atoms with Crippen molar-refractivity contribution < 1.29 is 14.7 Å². The Morgan fingerprint density at radius 1 is 1.39 bits per heavy atom. The van der Waals surface area contributed by atoms with Crippen LogP contribution in [0.1, 0.15) is 43.9 Å². The molecule has 1 aliphatic heterocycles. The minimum Gasteiger partial charge on any atom is -0.396 e. The summed E-state index contributed by atoms with van der Waals surface area (Å²) >= 11 is 0. The molecule has 2 unspecified atom stereocenters. The molecule has 0 aromatic heterocycles. The van der Waals surface area contributed by atoms with Gasteiger partial charge in [0.1, 0.15) is 0 Å². The maximum absolute atomic E-state index is 12.3. The number of rotatable bonds is 6. The second-order valence-corrected chi connectivity index (χ2v) is 6.30. The van der Waals surface area contributed by atoms with Gasteiger partial charge in [0.05, 0.1) is 12.5 Å². The molecule has 0 aliphatic carbocycles. The van der Waals surface area contributed by atoms with Crippen molar-refractivity contribution in [1.29, 1.82) is 0 Å². The van der Waals surface area contributed by atoms with E-state index < -0.39 is 0 Å². The van der Waals surface area contributed by atoms with Gasteiger partial charge < -0.3 is 15.3 Å². The largest absolute Gasteiger partial charge is 0.396 e. The summed E-state index contributed by atoms with van der Waals surface area (Å²) in [6.07, 6.45) is 1.79. The summed E-state index contributed by atoms with van der Waals surface area (Å²) in [5.41, 5.74) is 2.30. The van der Waals surface area contributed by atoms with Crippen LogP contribution in [-0.4, -0.2) is 41.5 Å². The Hall–Kier alpha value is -1.88. The van der Waals surface area contributed by atoms with Crippen molar-refractivity contribution >= 4 is 11.8 Å². The Morgan fingerprint density at radius 3 is 2.83 bits per heavy atom. The van der Waals surface area contributed by atoms with Gasteiger partial charge >= 0.3 is 0 Å². The van der Waals surface area contributed by atoms with E-state index in [0.717, 1.165) is 12.0 Å². The van der Waals surface area contributed by atoms with Crippen LogP contribution in [0.15, 0.2) is 24.3 Å². The van der Waals surface area contributed by atoms with E-state index in [2.05, 4.69) is 11.4 Å². The van der Waals surface area contributed by atoms with Crippen molar-refractivity contribution in [1.82, 2.24) is 10.2 Å². The fourth-order valence-corrected chi connectivity index (χ4v) is 3.11. The summed E-state index contributed by atoms with van der Waals surface area (Å²) in [6, 6.07) is 7.84. The average molecular weight is 318 g/mol. The van der Waals surface area contributed by atoms with Gasteiger partial charge in [-0.3, -0.25) is 9.59 Å². The minimum atomic E-state index is -0.189. The fourth-order valence-electron chi connectivity index (χ4n) is 3.11. The molecule has 0 radical (unpaired) electrons. The summed E-state index contributed by atoms with van der Waals surface area (Å²) in [4.78, 5) is 26.0. The number of amides is 2. The fraction of sp³-hybridized carbons (Fsp3) is 0.556. The SMILES string of the molecule is CC(=O)N1CCc2ccccc2C1CC(=O)NCC(C)CCO. The molecule has 0 fully saturated rings. The van der Waals surface area contributed by atoms with Gasteiger partial charge in [-0.2, -0.15) is 0 Å². The van der Waals surface area contributed by atoms with Crippen molar-refractivity contribution in [2.24, 2.45) is 5.92 Å². The van der Waals surface area contributed by atoms with Gasteiger partial charge in [0.25, 0.3) is 0 Å². The highest BCUT2D eigenvalue weighted by molar-refractivity contribution is 5.79. The first-order chi connectivity index (χ1) is 11.0. The first-order valence-corrected chi connectivity index (χ1v) is 8.25. The zero-order valence-electron chi connectivity index (χ0n) is 13.9. The molecule has 2 amide bonds. The van der Waals surface area contributed by atoms with Crippen LogP contribution in [0.4, 0.5) is 0 Å². The highest BCUT2D eigenvalue weighted by Crippen LogP contribution is 2.32. The quantitative estimate of drug-likeness (QED) is 0.838. The predicted molar refractivity (Wildman–Crippen MR) is 88.8 cm³/mol. The summed E-state index contributed by atoms with van der Waals surface area (Å²) in [5, 5.41) is 11.8. The molecule has 2 rings (SSSR count). The zero-order chi connectivity index (χ0) is 16.8. The predicted octanol–water partition coefficient (Wildman–Crippen LogP) is 1.66. The Labute approximate surface area is 137 Å². The minimum absolute atomic E-state index is 0.00551. The van der Waals surface area contributed by atoms with Gasteiger partial charge in [-0.25, -0.2) is 0 Å². The van der Waals surface area contributed by atoms with E-state index in [-0.39, 0.29) is 36.8 Å². The molecule has 5 nitrogen and oxygen atoms in total. The number of hydrogen-bond donors (Lipinski definition) is 2. The molecule has 0 saturated carbocycles. The van der Waals surface area contributed by atoms with Crippen molar-refractivity contribution in [3.8, 4) is 0 Å². The molecule has 1 aliphatic rings. The second kappa shape index (κ2) is 8.11. The lowest BCUT2D eigenvalue weighted by Crippen LogP contribution is -2.41. The Bertz CT molecular complexity index is 559. The van der Waals surface area contributed by atoms with Crippen LogP contribution in [0.5, 0.6) is 0 Å². The molecule has 5 heteroatoms. The monoisotopic (exact) mass is 318 g/mol. The van der Waals surface area contributed by atoms with E-state index in [4.69, 9.17) is 5.11 Å². The molecule has 126 valence electrons. The van der Waals surface area contributed by atoms with Crippen molar-refractivity contribution in [3.63, 3.8) is 0 Å². The summed E-state index contributed by atoms with van der Waals surface area (Å²) in [6.45, 7) is 4.89. The standard InChI is InChI=1S/C18H26N2O3/c1-13(8-10-21)12-19-18(23)11-17-16-6-4-3-5-15(16)7-9-20(17)14(2)22/h3-6,13,17,21H,7-12H2,1-2H3,(H,19,23). The number of aliphatic hydroxyl groups excluding tert-OH is 1. The molecule has 1 aromatic carbocycles. The van der Waals surface area contributed by atoms with Gasteiger partial charge in [0.2, 0.25) is 11.8 Å². The van der Waals surface area contributed by atoms with E-state index in [9.17, 15) is 9.59 Å². The highest BCUT2D eigenvalue weighted by Gasteiger charge is 2.30. The van der Waals surface area contributed by atoms with Crippen LogP contribution >= 0.6 is 0 Å². The maximum Gasteiger partial charge on any atom is 0.222 e. The van der Waals surface area contributed by atoms with Crippen molar-refractivity contribution in [3.05, 3.63) is 35.4 Å². The van der Waals surface area contributed by atoms with E-state index in [1.807, 2.05) is 25.1 Å². The van der Waals surface area contributed by atoms with Gasteiger partial charge in [0, 0.05) is 26.6 Å².